The maximum absolute atomic E-state index is 12.2. The van der Waals surface area contributed by atoms with Gasteiger partial charge in [-0.05, 0) is 24.3 Å². The van der Waals surface area contributed by atoms with Crippen LogP contribution in [-0.4, -0.2) is 4.98 Å². The number of nitriles is 1. The van der Waals surface area contributed by atoms with Gasteiger partial charge in [-0.25, -0.2) is 9.78 Å². The second-order valence-corrected chi connectivity index (χ2v) is 6.11. The molecule has 0 amide bonds. The molecule has 0 saturated carbocycles. The van der Waals surface area contributed by atoms with Crippen LogP contribution in [0.25, 0.3) is 33.9 Å². The molecular formula is C19H10N2O3S. The molecular weight excluding hydrogens is 336 g/mol. The van der Waals surface area contributed by atoms with Crippen molar-refractivity contribution in [2.75, 3.05) is 0 Å². The molecule has 5 nitrogen and oxygen atoms in total. The fraction of sp³-hybridized carbons (Fsp3) is 0. The van der Waals surface area contributed by atoms with Crippen molar-refractivity contribution in [3.63, 3.8) is 0 Å². The highest BCUT2D eigenvalue weighted by molar-refractivity contribution is 7.11. The SMILES string of the molecule is N#C/C(=C/c1ccoc1)c1nc(-c2cc3ccccc3oc2=O)cs1. The van der Waals surface area contributed by atoms with E-state index >= 15 is 0 Å². The van der Waals surface area contributed by atoms with Crippen molar-refractivity contribution in [2.45, 2.75) is 0 Å². The van der Waals surface area contributed by atoms with E-state index < -0.39 is 5.63 Å². The Hall–Kier alpha value is -3.43. The Morgan fingerprint density at radius 2 is 2.16 bits per heavy atom. The van der Waals surface area contributed by atoms with Crippen LogP contribution in [-0.2, 0) is 0 Å². The van der Waals surface area contributed by atoms with E-state index in [9.17, 15) is 10.1 Å². The summed E-state index contributed by atoms with van der Waals surface area (Å²) in [5.74, 6) is 0. The van der Waals surface area contributed by atoms with E-state index in [1.165, 1.54) is 17.6 Å². The average molecular weight is 346 g/mol. The Morgan fingerprint density at radius 1 is 1.28 bits per heavy atom. The Labute approximate surface area is 146 Å². The maximum atomic E-state index is 12.2. The van der Waals surface area contributed by atoms with Gasteiger partial charge in [-0.3, -0.25) is 0 Å². The summed E-state index contributed by atoms with van der Waals surface area (Å²) in [6.45, 7) is 0. The monoisotopic (exact) mass is 346 g/mol. The average Bonchev–Trinajstić information content (AvgIpc) is 3.31. The molecule has 4 rings (SSSR count). The van der Waals surface area contributed by atoms with Gasteiger partial charge in [0.2, 0.25) is 0 Å². The molecule has 1 aromatic carbocycles. The zero-order valence-corrected chi connectivity index (χ0v) is 13.6. The van der Waals surface area contributed by atoms with Crippen LogP contribution in [0.2, 0.25) is 0 Å². The van der Waals surface area contributed by atoms with E-state index in [-0.39, 0.29) is 0 Å². The van der Waals surface area contributed by atoms with Gasteiger partial charge in [-0.2, -0.15) is 5.26 Å². The quantitative estimate of drug-likeness (QED) is 0.401. The fourth-order valence-corrected chi connectivity index (χ4v) is 3.21. The molecule has 25 heavy (non-hydrogen) atoms. The summed E-state index contributed by atoms with van der Waals surface area (Å²) >= 11 is 1.30. The Morgan fingerprint density at radius 3 is 2.96 bits per heavy atom. The van der Waals surface area contributed by atoms with E-state index in [2.05, 4.69) is 11.1 Å². The van der Waals surface area contributed by atoms with Crippen LogP contribution in [0.15, 0.2) is 67.9 Å². The lowest BCUT2D eigenvalue weighted by molar-refractivity contribution is 0.563. The number of aromatic nitrogens is 1. The topological polar surface area (TPSA) is 80.0 Å². The number of allylic oxidation sites excluding steroid dienone is 1. The lowest BCUT2D eigenvalue weighted by Gasteiger charge is -1.99. The predicted molar refractivity (Wildman–Crippen MR) is 95.8 cm³/mol. The van der Waals surface area contributed by atoms with Crippen molar-refractivity contribution in [3.05, 3.63) is 75.3 Å². The van der Waals surface area contributed by atoms with Crippen LogP contribution < -0.4 is 5.63 Å². The Balaban J connectivity index is 1.78. The van der Waals surface area contributed by atoms with Gasteiger partial charge in [0.05, 0.1) is 29.4 Å². The van der Waals surface area contributed by atoms with Crippen LogP contribution in [0.4, 0.5) is 0 Å². The molecule has 0 fully saturated rings. The summed E-state index contributed by atoms with van der Waals surface area (Å²) in [5, 5.41) is 12.5. The number of nitrogens with zero attached hydrogens (tertiary/aromatic N) is 2. The Bertz CT molecular complexity index is 1180. The minimum atomic E-state index is -0.451. The zero-order chi connectivity index (χ0) is 17.2. The number of furan rings is 1. The van der Waals surface area contributed by atoms with Crippen molar-refractivity contribution in [1.29, 1.82) is 5.26 Å². The van der Waals surface area contributed by atoms with Gasteiger partial charge >= 0.3 is 5.63 Å². The van der Waals surface area contributed by atoms with Crippen molar-refractivity contribution >= 4 is 34.0 Å². The Kier molecular flexibility index (Phi) is 3.77. The molecule has 0 N–H and O–H groups in total. The first-order valence-corrected chi connectivity index (χ1v) is 8.26. The van der Waals surface area contributed by atoms with Crippen molar-refractivity contribution in [2.24, 2.45) is 0 Å². The molecule has 0 bridgehead atoms. The largest absolute Gasteiger partial charge is 0.472 e. The highest BCUT2D eigenvalue weighted by atomic mass is 32.1. The number of rotatable bonds is 3. The molecule has 0 saturated heterocycles. The number of fused-ring (bicyclic) bond motifs is 1. The first-order valence-electron chi connectivity index (χ1n) is 7.38. The minimum Gasteiger partial charge on any atom is -0.472 e. The zero-order valence-electron chi connectivity index (χ0n) is 12.8. The molecule has 3 aromatic heterocycles. The molecule has 0 radical (unpaired) electrons. The number of hydrogen-bond donors (Lipinski definition) is 0. The smallest absolute Gasteiger partial charge is 0.345 e. The van der Waals surface area contributed by atoms with Crippen LogP contribution in [0.1, 0.15) is 10.6 Å². The number of hydrogen-bond acceptors (Lipinski definition) is 6. The summed E-state index contributed by atoms with van der Waals surface area (Å²) in [6.07, 6.45) is 4.77. The van der Waals surface area contributed by atoms with E-state index in [0.29, 0.717) is 27.4 Å². The van der Waals surface area contributed by atoms with Gasteiger partial charge < -0.3 is 8.83 Å². The van der Waals surface area contributed by atoms with Gasteiger partial charge in [0.25, 0.3) is 0 Å². The number of thiazole rings is 1. The fourth-order valence-electron chi connectivity index (χ4n) is 2.43. The third-order valence-corrected chi connectivity index (χ3v) is 4.50. The predicted octanol–water partition coefficient (Wildman–Crippen LogP) is 4.57. The van der Waals surface area contributed by atoms with Crippen molar-refractivity contribution in [3.8, 4) is 17.3 Å². The highest BCUT2D eigenvalue weighted by Crippen LogP contribution is 2.27. The summed E-state index contributed by atoms with van der Waals surface area (Å²) < 4.78 is 10.3. The standard InChI is InChI=1S/C19H10N2O3S/c20-9-14(7-12-5-6-23-10-12)18-21-16(11-25-18)15-8-13-3-1-2-4-17(13)24-19(15)22/h1-8,10-11H/b14-7-. The third-order valence-electron chi connectivity index (χ3n) is 3.63. The first-order chi connectivity index (χ1) is 12.2. The minimum absolute atomic E-state index is 0.377. The molecule has 0 aliphatic heterocycles. The molecule has 4 aromatic rings. The van der Waals surface area contributed by atoms with E-state index in [1.54, 1.807) is 35.9 Å². The molecule has 0 spiro atoms. The second kappa shape index (κ2) is 6.23. The molecule has 0 aliphatic carbocycles. The molecule has 3 heterocycles. The maximum Gasteiger partial charge on any atom is 0.345 e. The van der Waals surface area contributed by atoms with Crippen LogP contribution >= 0.6 is 11.3 Å². The molecule has 0 unspecified atom stereocenters. The summed E-state index contributed by atoms with van der Waals surface area (Å²) in [6, 6.07) is 12.9. The van der Waals surface area contributed by atoms with E-state index in [4.69, 9.17) is 8.83 Å². The van der Waals surface area contributed by atoms with Gasteiger partial charge in [0.1, 0.15) is 16.7 Å². The third kappa shape index (κ3) is 2.89. The van der Waals surface area contributed by atoms with Crippen molar-refractivity contribution in [1.82, 2.24) is 4.98 Å². The number of para-hydroxylation sites is 1. The normalized spacial score (nSPS) is 11.6. The summed E-state index contributed by atoms with van der Waals surface area (Å²) in [7, 11) is 0. The second-order valence-electron chi connectivity index (χ2n) is 5.25. The van der Waals surface area contributed by atoms with Gasteiger partial charge in [-0.15, -0.1) is 11.3 Å². The van der Waals surface area contributed by atoms with Crippen LogP contribution in [0, 0.1) is 11.3 Å². The number of benzene rings is 1. The summed E-state index contributed by atoms with van der Waals surface area (Å²) in [5.41, 5.74) is 2.13. The lowest BCUT2D eigenvalue weighted by Crippen LogP contribution is -2.02. The molecule has 0 aliphatic rings. The highest BCUT2D eigenvalue weighted by Gasteiger charge is 2.13. The van der Waals surface area contributed by atoms with E-state index in [0.717, 1.165) is 10.9 Å². The molecule has 120 valence electrons. The van der Waals surface area contributed by atoms with Crippen LogP contribution in [0.5, 0.6) is 0 Å². The lowest BCUT2D eigenvalue weighted by atomic mass is 10.1. The van der Waals surface area contributed by atoms with Gasteiger partial charge in [0, 0.05) is 16.3 Å². The summed E-state index contributed by atoms with van der Waals surface area (Å²) in [4.78, 5) is 16.7. The first kappa shape index (κ1) is 15.1. The molecule has 6 heteroatoms. The van der Waals surface area contributed by atoms with Crippen LogP contribution in [0.3, 0.4) is 0 Å². The van der Waals surface area contributed by atoms with E-state index in [1.807, 2.05) is 18.2 Å². The van der Waals surface area contributed by atoms with Gasteiger partial charge in [-0.1, -0.05) is 18.2 Å². The molecule has 0 atom stereocenters. The van der Waals surface area contributed by atoms with Crippen molar-refractivity contribution < 1.29 is 8.83 Å². The van der Waals surface area contributed by atoms with Gasteiger partial charge in [0.15, 0.2) is 0 Å².